The van der Waals surface area contributed by atoms with Crippen LogP contribution in [0.1, 0.15) is 44.1 Å². The lowest BCUT2D eigenvalue weighted by atomic mass is 9.73. The third-order valence-electron chi connectivity index (χ3n) is 6.52. The molecular formula is C22H32N4O2. The summed E-state index contributed by atoms with van der Waals surface area (Å²) in [6.45, 7) is 4.58. The molecule has 0 aromatic carbocycles. The molecule has 2 amide bonds. The third-order valence-corrected chi connectivity index (χ3v) is 6.52. The average Bonchev–Trinajstić information content (AvgIpc) is 3.50. The fraction of sp³-hybridized carbons (Fsp3) is 0.682. The van der Waals surface area contributed by atoms with E-state index in [9.17, 15) is 9.59 Å². The van der Waals surface area contributed by atoms with E-state index in [0.717, 1.165) is 63.5 Å². The Kier molecular flexibility index (Phi) is 5.67. The molecule has 6 nitrogen and oxygen atoms in total. The van der Waals surface area contributed by atoms with Gasteiger partial charge in [-0.05, 0) is 56.7 Å². The molecule has 3 fully saturated rings. The highest BCUT2D eigenvalue weighted by molar-refractivity contribution is 5.79. The quantitative estimate of drug-likeness (QED) is 0.754. The van der Waals surface area contributed by atoms with Gasteiger partial charge in [0.05, 0.1) is 6.54 Å². The summed E-state index contributed by atoms with van der Waals surface area (Å²) < 4.78 is 0. The Morgan fingerprint density at radius 1 is 1.32 bits per heavy atom. The molecular weight excluding hydrogens is 352 g/mol. The van der Waals surface area contributed by atoms with Gasteiger partial charge in [0.25, 0.3) is 0 Å². The van der Waals surface area contributed by atoms with E-state index < -0.39 is 0 Å². The lowest BCUT2D eigenvalue weighted by Crippen LogP contribution is -2.56. The van der Waals surface area contributed by atoms with E-state index in [-0.39, 0.29) is 11.3 Å². The average molecular weight is 385 g/mol. The minimum absolute atomic E-state index is 0.110. The Balaban J connectivity index is 1.33. The Morgan fingerprint density at radius 2 is 2.18 bits per heavy atom. The van der Waals surface area contributed by atoms with Gasteiger partial charge in [-0.2, -0.15) is 0 Å². The summed E-state index contributed by atoms with van der Waals surface area (Å²) in [6.07, 6.45) is 9.92. The number of nitrogens with zero attached hydrogens (tertiary/aromatic N) is 4. The fourth-order valence-corrected chi connectivity index (χ4v) is 4.82. The van der Waals surface area contributed by atoms with Gasteiger partial charge in [0.2, 0.25) is 11.8 Å². The van der Waals surface area contributed by atoms with Crippen LogP contribution in [-0.4, -0.2) is 71.3 Å². The fourth-order valence-electron chi connectivity index (χ4n) is 4.82. The molecule has 1 aromatic rings. The Morgan fingerprint density at radius 3 is 2.93 bits per heavy atom. The summed E-state index contributed by atoms with van der Waals surface area (Å²) >= 11 is 0. The number of likely N-dealkylation sites (N-methyl/N-ethyl adjacent to an activating group) is 1. The van der Waals surface area contributed by atoms with Gasteiger partial charge in [0.1, 0.15) is 0 Å². The molecule has 0 N–H and O–H groups in total. The van der Waals surface area contributed by atoms with Crippen molar-refractivity contribution in [2.45, 2.75) is 45.1 Å². The second-order valence-electron chi connectivity index (χ2n) is 9.17. The number of rotatable bonds is 6. The van der Waals surface area contributed by atoms with Crippen molar-refractivity contribution in [2.24, 2.45) is 11.3 Å². The van der Waals surface area contributed by atoms with Gasteiger partial charge < -0.3 is 9.80 Å². The van der Waals surface area contributed by atoms with Crippen molar-refractivity contribution in [3.63, 3.8) is 0 Å². The summed E-state index contributed by atoms with van der Waals surface area (Å²) in [7, 11) is 1.99. The first kappa shape index (κ1) is 19.4. The van der Waals surface area contributed by atoms with Crippen LogP contribution in [0.15, 0.2) is 24.5 Å². The minimum Gasteiger partial charge on any atom is -0.342 e. The molecule has 152 valence electrons. The highest BCUT2D eigenvalue weighted by Gasteiger charge is 2.43. The molecule has 6 heteroatoms. The highest BCUT2D eigenvalue weighted by Crippen LogP contribution is 2.40. The number of carbonyl (C=O) groups is 2. The lowest BCUT2D eigenvalue weighted by Gasteiger charge is -2.48. The molecule has 1 aliphatic carbocycles. The van der Waals surface area contributed by atoms with Crippen LogP contribution in [-0.2, 0) is 16.1 Å². The van der Waals surface area contributed by atoms with Crippen molar-refractivity contribution in [3.8, 4) is 0 Å². The molecule has 1 spiro atoms. The number of pyridine rings is 1. The van der Waals surface area contributed by atoms with Gasteiger partial charge in [0.15, 0.2) is 0 Å². The predicted molar refractivity (Wildman–Crippen MR) is 107 cm³/mol. The van der Waals surface area contributed by atoms with E-state index in [4.69, 9.17) is 0 Å². The van der Waals surface area contributed by atoms with Crippen molar-refractivity contribution < 1.29 is 9.59 Å². The molecule has 1 aromatic heterocycles. The van der Waals surface area contributed by atoms with Gasteiger partial charge in [-0.3, -0.25) is 19.5 Å². The molecule has 1 saturated carbocycles. The Hall–Kier alpha value is -1.95. The zero-order valence-electron chi connectivity index (χ0n) is 17.0. The maximum atomic E-state index is 12.9. The number of likely N-dealkylation sites (tertiary alicyclic amines) is 2. The predicted octanol–water partition coefficient (Wildman–Crippen LogP) is 2.15. The first-order valence-electron chi connectivity index (χ1n) is 10.7. The highest BCUT2D eigenvalue weighted by atomic mass is 16.2. The van der Waals surface area contributed by atoms with Crippen LogP contribution in [0.3, 0.4) is 0 Å². The number of carbonyl (C=O) groups excluding carboxylic acids is 2. The molecule has 0 radical (unpaired) electrons. The first-order valence-corrected chi connectivity index (χ1v) is 10.7. The Labute approximate surface area is 167 Å². The molecule has 2 saturated heterocycles. The minimum atomic E-state index is 0.110. The van der Waals surface area contributed by atoms with Crippen LogP contribution in [0, 0.1) is 11.3 Å². The molecule has 28 heavy (non-hydrogen) atoms. The normalized spacial score (nSPS) is 25.6. The van der Waals surface area contributed by atoms with E-state index in [1.165, 1.54) is 12.8 Å². The number of hydrogen-bond donors (Lipinski definition) is 0. The monoisotopic (exact) mass is 384 g/mol. The van der Waals surface area contributed by atoms with Crippen molar-refractivity contribution in [3.05, 3.63) is 30.1 Å². The molecule has 3 heterocycles. The first-order chi connectivity index (χ1) is 13.5. The third kappa shape index (κ3) is 4.72. The summed E-state index contributed by atoms with van der Waals surface area (Å²) in [6, 6.07) is 3.97. The van der Waals surface area contributed by atoms with Crippen molar-refractivity contribution >= 4 is 11.8 Å². The van der Waals surface area contributed by atoms with Gasteiger partial charge in [-0.15, -0.1) is 0 Å². The summed E-state index contributed by atoms with van der Waals surface area (Å²) in [5.74, 6) is 1.25. The number of piperidine rings is 2. The number of hydrogen-bond acceptors (Lipinski definition) is 4. The SMILES string of the molecule is CN(CC(=O)N1CCCC2(CCC(=O)N(CC3CC3)C2)C1)Cc1cccnc1. The topological polar surface area (TPSA) is 56.8 Å². The summed E-state index contributed by atoms with van der Waals surface area (Å²) in [5, 5.41) is 0. The lowest BCUT2D eigenvalue weighted by molar-refractivity contribution is -0.143. The van der Waals surface area contributed by atoms with E-state index in [1.807, 2.05) is 30.3 Å². The summed E-state index contributed by atoms with van der Waals surface area (Å²) in [5.41, 5.74) is 1.23. The number of aromatic nitrogens is 1. The molecule has 0 bridgehead atoms. The molecule has 1 unspecified atom stereocenters. The van der Waals surface area contributed by atoms with Gasteiger partial charge >= 0.3 is 0 Å². The van der Waals surface area contributed by atoms with Crippen LogP contribution < -0.4 is 0 Å². The second kappa shape index (κ2) is 8.19. The van der Waals surface area contributed by atoms with E-state index in [1.54, 1.807) is 6.20 Å². The maximum absolute atomic E-state index is 12.9. The van der Waals surface area contributed by atoms with Crippen molar-refractivity contribution in [1.82, 2.24) is 19.7 Å². The van der Waals surface area contributed by atoms with Gasteiger partial charge in [-0.1, -0.05) is 6.07 Å². The Bertz CT molecular complexity index is 706. The van der Waals surface area contributed by atoms with Crippen LogP contribution >= 0.6 is 0 Å². The molecule has 1 atom stereocenters. The van der Waals surface area contributed by atoms with E-state index >= 15 is 0 Å². The molecule has 4 rings (SSSR count). The zero-order valence-corrected chi connectivity index (χ0v) is 17.0. The summed E-state index contributed by atoms with van der Waals surface area (Å²) in [4.78, 5) is 35.7. The van der Waals surface area contributed by atoms with Crippen LogP contribution in [0.25, 0.3) is 0 Å². The molecule has 3 aliphatic rings. The smallest absolute Gasteiger partial charge is 0.236 e. The second-order valence-corrected chi connectivity index (χ2v) is 9.17. The van der Waals surface area contributed by atoms with Crippen LogP contribution in [0.5, 0.6) is 0 Å². The van der Waals surface area contributed by atoms with Gasteiger partial charge in [-0.25, -0.2) is 0 Å². The standard InChI is InChI=1S/C22H32N4O2/c1-24(13-19-4-2-10-23-12-19)15-21(28)25-11-3-8-22(16-25)9-7-20(27)26(17-22)14-18-5-6-18/h2,4,10,12,18H,3,5-9,11,13-17H2,1H3. The van der Waals surface area contributed by atoms with Gasteiger partial charge in [0, 0.05) is 57.0 Å². The zero-order chi connectivity index (χ0) is 19.6. The van der Waals surface area contributed by atoms with Crippen molar-refractivity contribution in [2.75, 3.05) is 39.8 Å². The van der Waals surface area contributed by atoms with E-state index in [0.29, 0.717) is 18.9 Å². The van der Waals surface area contributed by atoms with E-state index in [2.05, 4.69) is 14.8 Å². The van der Waals surface area contributed by atoms with Crippen molar-refractivity contribution in [1.29, 1.82) is 0 Å². The van der Waals surface area contributed by atoms with Crippen LogP contribution in [0.4, 0.5) is 0 Å². The largest absolute Gasteiger partial charge is 0.342 e. The molecule has 2 aliphatic heterocycles. The maximum Gasteiger partial charge on any atom is 0.236 e. The number of amides is 2. The van der Waals surface area contributed by atoms with Crippen LogP contribution in [0.2, 0.25) is 0 Å².